The SMILES string of the molecule is COc1ccccc1CNc1ncccc1C(=O)Nc1ccccc1F. The van der Waals surface area contributed by atoms with E-state index in [0.717, 1.165) is 11.3 Å². The minimum Gasteiger partial charge on any atom is -0.496 e. The molecule has 26 heavy (non-hydrogen) atoms. The van der Waals surface area contributed by atoms with Crippen LogP contribution >= 0.6 is 0 Å². The molecule has 3 aromatic rings. The largest absolute Gasteiger partial charge is 0.496 e. The van der Waals surface area contributed by atoms with E-state index in [-0.39, 0.29) is 5.69 Å². The number of hydrogen-bond donors (Lipinski definition) is 2. The minimum absolute atomic E-state index is 0.122. The lowest BCUT2D eigenvalue weighted by molar-refractivity contribution is 0.102. The highest BCUT2D eigenvalue weighted by Crippen LogP contribution is 2.21. The number of carbonyl (C=O) groups excluding carboxylic acids is 1. The number of carbonyl (C=O) groups is 1. The molecule has 0 aliphatic carbocycles. The van der Waals surface area contributed by atoms with E-state index in [2.05, 4.69) is 15.6 Å². The first-order chi connectivity index (χ1) is 12.7. The van der Waals surface area contributed by atoms with Crippen molar-refractivity contribution in [2.75, 3.05) is 17.7 Å². The lowest BCUT2D eigenvalue weighted by atomic mass is 10.2. The van der Waals surface area contributed by atoms with E-state index in [9.17, 15) is 9.18 Å². The molecular formula is C20H18FN3O2. The van der Waals surface area contributed by atoms with Crippen molar-refractivity contribution < 1.29 is 13.9 Å². The Morgan fingerprint density at radius 2 is 1.85 bits per heavy atom. The molecule has 0 aliphatic rings. The monoisotopic (exact) mass is 351 g/mol. The number of para-hydroxylation sites is 2. The van der Waals surface area contributed by atoms with E-state index in [1.54, 1.807) is 37.6 Å². The van der Waals surface area contributed by atoms with Gasteiger partial charge in [0.25, 0.3) is 5.91 Å². The molecule has 2 N–H and O–H groups in total. The number of halogens is 1. The number of nitrogens with zero attached hydrogens (tertiary/aromatic N) is 1. The van der Waals surface area contributed by atoms with Crippen LogP contribution in [0.2, 0.25) is 0 Å². The molecule has 2 aromatic carbocycles. The fraction of sp³-hybridized carbons (Fsp3) is 0.100. The molecule has 1 amide bonds. The van der Waals surface area contributed by atoms with E-state index in [0.29, 0.717) is 17.9 Å². The average molecular weight is 351 g/mol. The number of ether oxygens (including phenoxy) is 1. The number of methoxy groups -OCH3 is 1. The summed E-state index contributed by atoms with van der Waals surface area (Å²) in [6, 6.07) is 16.9. The van der Waals surface area contributed by atoms with Gasteiger partial charge in [-0.3, -0.25) is 4.79 Å². The zero-order valence-electron chi connectivity index (χ0n) is 14.2. The first-order valence-electron chi connectivity index (χ1n) is 8.05. The van der Waals surface area contributed by atoms with Crippen LogP contribution in [0.5, 0.6) is 5.75 Å². The third-order valence-corrected chi connectivity index (χ3v) is 3.81. The molecule has 0 saturated carbocycles. The standard InChI is InChI=1S/C20H18FN3O2/c1-26-18-11-5-2-7-14(18)13-23-19-15(8-6-12-22-19)20(25)24-17-10-4-3-9-16(17)21/h2-12H,13H2,1H3,(H,22,23)(H,24,25). The zero-order chi connectivity index (χ0) is 18.4. The highest BCUT2D eigenvalue weighted by atomic mass is 19.1. The molecule has 0 aliphatic heterocycles. The van der Waals surface area contributed by atoms with Crippen LogP contribution in [-0.4, -0.2) is 18.0 Å². The second-order valence-corrected chi connectivity index (χ2v) is 5.50. The second kappa shape index (κ2) is 8.11. The molecule has 3 rings (SSSR count). The quantitative estimate of drug-likeness (QED) is 0.702. The zero-order valence-corrected chi connectivity index (χ0v) is 14.2. The van der Waals surface area contributed by atoms with Gasteiger partial charge < -0.3 is 15.4 Å². The van der Waals surface area contributed by atoms with Crippen LogP contribution in [0, 0.1) is 5.82 Å². The molecule has 132 valence electrons. The third kappa shape index (κ3) is 3.97. The van der Waals surface area contributed by atoms with Crippen molar-refractivity contribution in [3.63, 3.8) is 0 Å². The van der Waals surface area contributed by atoms with Gasteiger partial charge in [0.2, 0.25) is 0 Å². The fourth-order valence-electron chi connectivity index (χ4n) is 2.51. The van der Waals surface area contributed by atoms with Crippen LogP contribution in [-0.2, 0) is 6.54 Å². The third-order valence-electron chi connectivity index (χ3n) is 3.81. The number of hydrogen-bond acceptors (Lipinski definition) is 4. The van der Waals surface area contributed by atoms with Gasteiger partial charge in [-0.05, 0) is 30.3 Å². The lowest BCUT2D eigenvalue weighted by Gasteiger charge is -2.13. The maximum atomic E-state index is 13.8. The van der Waals surface area contributed by atoms with Gasteiger partial charge in [-0.1, -0.05) is 30.3 Å². The number of aromatic nitrogens is 1. The summed E-state index contributed by atoms with van der Waals surface area (Å²) in [6.45, 7) is 0.432. The average Bonchev–Trinajstić information content (AvgIpc) is 2.68. The molecule has 0 spiro atoms. The fourth-order valence-corrected chi connectivity index (χ4v) is 2.51. The number of rotatable bonds is 6. The molecule has 5 nitrogen and oxygen atoms in total. The van der Waals surface area contributed by atoms with Crippen LogP contribution < -0.4 is 15.4 Å². The first-order valence-corrected chi connectivity index (χ1v) is 8.05. The molecule has 6 heteroatoms. The summed E-state index contributed by atoms with van der Waals surface area (Å²) in [4.78, 5) is 16.8. The number of anilines is 2. The number of amides is 1. The van der Waals surface area contributed by atoms with Gasteiger partial charge in [0.05, 0.1) is 18.4 Å². The van der Waals surface area contributed by atoms with E-state index in [1.165, 1.54) is 12.1 Å². The maximum Gasteiger partial charge on any atom is 0.259 e. The molecule has 0 fully saturated rings. The summed E-state index contributed by atoms with van der Waals surface area (Å²) < 4.78 is 19.1. The van der Waals surface area contributed by atoms with Gasteiger partial charge in [-0.2, -0.15) is 0 Å². The molecule has 0 saturated heterocycles. The number of nitrogens with one attached hydrogen (secondary N) is 2. The van der Waals surface area contributed by atoms with Crippen LogP contribution in [0.4, 0.5) is 15.9 Å². The van der Waals surface area contributed by atoms with Gasteiger partial charge >= 0.3 is 0 Å². The second-order valence-electron chi connectivity index (χ2n) is 5.50. The van der Waals surface area contributed by atoms with Crippen molar-refractivity contribution in [1.82, 2.24) is 4.98 Å². The molecule has 0 radical (unpaired) electrons. The van der Waals surface area contributed by atoms with Crippen LogP contribution in [0.25, 0.3) is 0 Å². The minimum atomic E-state index is -0.492. The Hall–Kier alpha value is -3.41. The van der Waals surface area contributed by atoms with Gasteiger partial charge in [-0.15, -0.1) is 0 Å². The first kappa shape index (κ1) is 17.4. The summed E-state index contributed by atoms with van der Waals surface area (Å²) in [5, 5.41) is 5.71. The Labute approximate surface area is 150 Å². The van der Waals surface area contributed by atoms with Crippen molar-refractivity contribution in [2.24, 2.45) is 0 Å². The summed E-state index contributed by atoms with van der Waals surface area (Å²) in [7, 11) is 1.60. The summed E-state index contributed by atoms with van der Waals surface area (Å²) in [5.41, 5.74) is 1.38. The summed E-state index contributed by atoms with van der Waals surface area (Å²) >= 11 is 0. The van der Waals surface area contributed by atoms with Crippen molar-refractivity contribution >= 4 is 17.4 Å². The van der Waals surface area contributed by atoms with E-state index in [1.807, 2.05) is 24.3 Å². The number of pyridine rings is 1. The van der Waals surface area contributed by atoms with E-state index in [4.69, 9.17) is 4.74 Å². The Balaban J connectivity index is 1.78. The topological polar surface area (TPSA) is 63.2 Å². The van der Waals surface area contributed by atoms with Crippen molar-refractivity contribution in [3.8, 4) is 5.75 Å². The summed E-state index contributed by atoms with van der Waals surface area (Å²) in [5.74, 6) is 0.222. The summed E-state index contributed by atoms with van der Waals surface area (Å²) in [6.07, 6.45) is 1.59. The normalized spacial score (nSPS) is 10.2. The maximum absolute atomic E-state index is 13.8. The van der Waals surface area contributed by atoms with Crippen molar-refractivity contribution in [3.05, 3.63) is 83.8 Å². The number of benzene rings is 2. The Morgan fingerprint density at radius 3 is 2.65 bits per heavy atom. The Morgan fingerprint density at radius 1 is 1.08 bits per heavy atom. The molecule has 1 aromatic heterocycles. The Kier molecular flexibility index (Phi) is 5.43. The van der Waals surface area contributed by atoms with Crippen LogP contribution in [0.1, 0.15) is 15.9 Å². The molecule has 1 heterocycles. The van der Waals surface area contributed by atoms with Gasteiger partial charge in [-0.25, -0.2) is 9.37 Å². The molecule has 0 atom stereocenters. The molecular weight excluding hydrogens is 333 g/mol. The predicted octanol–water partition coefficient (Wildman–Crippen LogP) is 4.09. The Bertz CT molecular complexity index is 915. The van der Waals surface area contributed by atoms with E-state index >= 15 is 0 Å². The van der Waals surface area contributed by atoms with Crippen molar-refractivity contribution in [1.29, 1.82) is 0 Å². The highest BCUT2D eigenvalue weighted by Gasteiger charge is 2.14. The van der Waals surface area contributed by atoms with Gasteiger partial charge in [0.15, 0.2) is 0 Å². The van der Waals surface area contributed by atoms with Crippen LogP contribution in [0.3, 0.4) is 0 Å². The van der Waals surface area contributed by atoms with Crippen molar-refractivity contribution in [2.45, 2.75) is 6.54 Å². The van der Waals surface area contributed by atoms with Crippen LogP contribution in [0.15, 0.2) is 66.9 Å². The van der Waals surface area contributed by atoms with E-state index < -0.39 is 11.7 Å². The predicted molar refractivity (Wildman–Crippen MR) is 98.9 cm³/mol. The van der Waals surface area contributed by atoms with Gasteiger partial charge in [0, 0.05) is 18.3 Å². The van der Waals surface area contributed by atoms with Gasteiger partial charge in [0.1, 0.15) is 17.4 Å². The smallest absolute Gasteiger partial charge is 0.259 e. The highest BCUT2D eigenvalue weighted by molar-refractivity contribution is 6.07. The lowest BCUT2D eigenvalue weighted by Crippen LogP contribution is -2.16. The molecule has 0 bridgehead atoms. The molecule has 0 unspecified atom stereocenters.